The van der Waals surface area contributed by atoms with Crippen LogP contribution in [0.5, 0.6) is 0 Å². The summed E-state index contributed by atoms with van der Waals surface area (Å²) in [4.78, 5) is 12.2. The summed E-state index contributed by atoms with van der Waals surface area (Å²) in [6, 6.07) is 13.4. The minimum Gasteiger partial charge on any atom is -0.618 e. The van der Waals surface area contributed by atoms with Crippen molar-refractivity contribution in [2.45, 2.75) is 0 Å². The minimum absolute atomic E-state index is 0.0948. The summed E-state index contributed by atoms with van der Waals surface area (Å²) in [7, 11) is 0. The monoisotopic (exact) mass is 380 g/mol. The largest absolute Gasteiger partial charge is 0.618 e. The van der Waals surface area contributed by atoms with Crippen LogP contribution in [0.3, 0.4) is 0 Å². The fraction of sp³-hybridized carbons (Fsp3) is 0. The summed E-state index contributed by atoms with van der Waals surface area (Å²) < 4.78 is 2.07. The van der Waals surface area contributed by atoms with Crippen molar-refractivity contribution in [3.8, 4) is 11.3 Å². The highest BCUT2D eigenvalue weighted by molar-refractivity contribution is 14.1. The fourth-order valence-corrected chi connectivity index (χ4v) is 2.44. The third-order valence-electron chi connectivity index (χ3n) is 3.04. The first kappa shape index (κ1) is 12.9. The molecule has 0 fully saturated rings. The average Bonchev–Trinajstić information content (AvgIpc) is 2.47. The molecule has 0 amide bonds. The lowest BCUT2D eigenvalue weighted by Gasteiger charge is -2.09. The molecule has 0 aliphatic rings. The van der Waals surface area contributed by atoms with Gasteiger partial charge in [-0.3, -0.25) is 4.79 Å². The van der Waals surface area contributed by atoms with Crippen LogP contribution in [0.15, 0.2) is 53.3 Å². The highest BCUT2D eigenvalue weighted by Crippen LogP contribution is 2.16. The second-order valence-corrected chi connectivity index (χ2v) is 5.50. The Labute approximate surface area is 127 Å². The molecule has 1 aromatic heterocycles. The molecular weight excluding hydrogens is 371 g/mol. The van der Waals surface area contributed by atoms with E-state index in [1.165, 1.54) is 6.07 Å². The number of hydrogen-bond acceptors (Lipinski definition) is 3. The topological polar surface area (TPSA) is 69.2 Å². The molecular formula is C14H9IN2O3. The van der Waals surface area contributed by atoms with E-state index in [1.807, 2.05) is 0 Å². The van der Waals surface area contributed by atoms with Gasteiger partial charge < -0.3 is 10.4 Å². The van der Waals surface area contributed by atoms with Gasteiger partial charge in [0, 0.05) is 9.64 Å². The molecule has 0 aliphatic heterocycles. The third kappa shape index (κ3) is 1.92. The van der Waals surface area contributed by atoms with Crippen LogP contribution in [0.2, 0.25) is 0 Å². The Bertz CT molecular complexity index is 857. The number of rotatable bonds is 1. The first-order valence-electron chi connectivity index (χ1n) is 5.82. The molecule has 2 aromatic carbocycles. The van der Waals surface area contributed by atoms with Gasteiger partial charge in [0.15, 0.2) is 5.52 Å². The Morgan fingerprint density at radius 2 is 1.75 bits per heavy atom. The van der Waals surface area contributed by atoms with Gasteiger partial charge >= 0.3 is 5.56 Å². The SMILES string of the molecule is O=c1c(-c2ccc(I)cc2)[n+]([O-])c2ccccc2n1O. The lowest BCUT2D eigenvalue weighted by molar-refractivity contribution is -0.566. The predicted molar refractivity (Wildman–Crippen MR) is 82.5 cm³/mol. The van der Waals surface area contributed by atoms with Crippen molar-refractivity contribution < 1.29 is 9.94 Å². The van der Waals surface area contributed by atoms with E-state index in [0.717, 1.165) is 3.57 Å². The van der Waals surface area contributed by atoms with Crippen molar-refractivity contribution in [2.75, 3.05) is 0 Å². The Balaban J connectivity index is 2.42. The molecule has 0 saturated carbocycles. The maximum absolute atomic E-state index is 12.4. The molecule has 5 nitrogen and oxygen atoms in total. The van der Waals surface area contributed by atoms with Crippen LogP contribution in [0.4, 0.5) is 0 Å². The highest BCUT2D eigenvalue weighted by atomic mass is 127. The Hall–Kier alpha value is -2.09. The molecule has 0 radical (unpaired) electrons. The molecule has 3 rings (SSSR count). The van der Waals surface area contributed by atoms with Gasteiger partial charge in [-0.2, -0.15) is 4.73 Å². The zero-order valence-corrected chi connectivity index (χ0v) is 12.3. The molecule has 0 saturated heterocycles. The number of para-hydroxylation sites is 2. The lowest BCUT2D eigenvalue weighted by Crippen LogP contribution is -2.40. The van der Waals surface area contributed by atoms with Crippen molar-refractivity contribution in [1.82, 2.24) is 4.73 Å². The van der Waals surface area contributed by atoms with Gasteiger partial charge in [0.1, 0.15) is 0 Å². The molecule has 100 valence electrons. The van der Waals surface area contributed by atoms with E-state index in [2.05, 4.69) is 22.6 Å². The van der Waals surface area contributed by atoms with Crippen LogP contribution in [-0.4, -0.2) is 9.94 Å². The number of halogens is 1. The van der Waals surface area contributed by atoms with Crippen LogP contribution in [-0.2, 0) is 0 Å². The van der Waals surface area contributed by atoms with Gasteiger partial charge in [-0.15, -0.1) is 4.73 Å². The average molecular weight is 380 g/mol. The van der Waals surface area contributed by atoms with E-state index in [9.17, 15) is 15.2 Å². The molecule has 20 heavy (non-hydrogen) atoms. The van der Waals surface area contributed by atoms with E-state index in [0.29, 0.717) is 15.0 Å². The molecule has 0 unspecified atom stereocenters. The van der Waals surface area contributed by atoms with E-state index in [4.69, 9.17) is 0 Å². The number of hydrogen-bond donors (Lipinski definition) is 1. The van der Waals surface area contributed by atoms with E-state index in [1.54, 1.807) is 42.5 Å². The van der Waals surface area contributed by atoms with Gasteiger partial charge in [-0.05, 0) is 52.9 Å². The molecule has 0 spiro atoms. The van der Waals surface area contributed by atoms with Crippen molar-refractivity contribution >= 4 is 33.6 Å². The maximum atomic E-state index is 12.4. The second-order valence-electron chi connectivity index (χ2n) is 4.26. The standard InChI is InChI=1S/C14H9IN2O3/c15-10-7-5-9(6-8-10)13-14(18)17(20)12-4-2-1-3-11(12)16(13)19/h1-8,20H. The normalized spacial score (nSPS) is 10.8. The van der Waals surface area contributed by atoms with Gasteiger partial charge in [-0.1, -0.05) is 12.1 Å². The van der Waals surface area contributed by atoms with Gasteiger partial charge in [0.2, 0.25) is 5.52 Å². The summed E-state index contributed by atoms with van der Waals surface area (Å²) in [5.41, 5.74) is 0.0615. The quantitative estimate of drug-likeness (QED) is 0.305. The van der Waals surface area contributed by atoms with Crippen molar-refractivity contribution in [3.05, 3.63) is 67.7 Å². The number of fused-ring (bicyclic) bond motifs is 1. The molecule has 0 aliphatic carbocycles. The second kappa shape index (κ2) is 4.78. The van der Waals surface area contributed by atoms with Gasteiger partial charge in [0.25, 0.3) is 5.69 Å². The minimum atomic E-state index is -0.736. The van der Waals surface area contributed by atoms with Crippen LogP contribution in [0.25, 0.3) is 22.3 Å². The molecule has 3 aromatic rings. The summed E-state index contributed by atoms with van der Waals surface area (Å²) in [6.07, 6.45) is 0. The zero-order chi connectivity index (χ0) is 14.3. The number of benzene rings is 2. The van der Waals surface area contributed by atoms with Crippen LogP contribution in [0, 0.1) is 8.78 Å². The zero-order valence-electron chi connectivity index (χ0n) is 10.2. The highest BCUT2D eigenvalue weighted by Gasteiger charge is 2.21. The molecule has 6 heteroatoms. The molecule has 0 bridgehead atoms. The number of aromatic nitrogens is 2. The Morgan fingerprint density at radius 1 is 1.10 bits per heavy atom. The molecule has 0 atom stereocenters. The van der Waals surface area contributed by atoms with Crippen molar-refractivity contribution in [2.24, 2.45) is 0 Å². The summed E-state index contributed by atoms with van der Waals surface area (Å²) >= 11 is 2.14. The van der Waals surface area contributed by atoms with Crippen LogP contribution >= 0.6 is 22.6 Å². The van der Waals surface area contributed by atoms with E-state index >= 15 is 0 Å². The van der Waals surface area contributed by atoms with Crippen molar-refractivity contribution in [3.63, 3.8) is 0 Å². The fourth-order valence-electron chi connectivity index (χ4n) is 2.08. The molecule has 1 N–H and O–H groups in total. The Kier molecular flexibility index (Phi) is 3.09. The first-order valence-corrected chi connectivity index (χ1v) is 6.90. The lowest BCUT2D eigenvalue weighted by atomic mass is 10.1. The van der Waals surface area contributed by atoms with Crippen molar-refractivity contribution in [1.29, 1.82) is 0 Å². The summed E-state index contributed by atoms with van der Waals surface area (Å²) in [6.45, 7) is 0. The Morgan fingerprint density at radius 3 is 2.45 bits per heavy atom. The number of nitrogens with zero attached hydrogens (tertiary/aromatic N) is 2. The molecule has 1 heterocycles. The van der Waals surface area contributed by atoms with Gasteiger partial charge in [0.05, 0.1) is 5.56 Å². The van der Waals surface area contributed by atoms with E-state index in [-0.39, 0.29) is 16.7 Å². The first-order chi connectivity index (χ1) is 9.59. The maximum Gasteiger partial charge on any atom is 0.357 e. The van der Waals surface area contributed by atoms with Crippen LogP contribution in [0.1, 0.15) is 0 Å². The van der Waals surface area contributed by atoms with E-state index < -0.39 is 5.56 Å². The van der Waals surface area contributed by atoms with Gasteiger partial charge in [-0.25, -0.2) is 0 Å². The summed E-state index contributed by atoms with van der Waals surface area (Å²) in [5.74, 6) is 0. The third-order valence-corrected chi connectivity index (χ3v) is 3.76. The van der Waals surface area contributed by atoms with Crippen LogP contribution < -0.4 is 10.3 Å². The predicted octanol–water partition coefficient (Wildman–Crippen LogP) is 2.14. The summed E-state index contributed by atoms with van der Waals surface area (Å²) in [5, 5.41) is 22.3. The smallest absolute Gasteiger partial charge is 0.357 e.